The van der Waals surface area contributed by atoms with Gasteiger partial charge in [-0.05, 0) is 30.3 Å². The molecule has 8 nitrogen and oxygen atoms in total. The molecule has 2 aromatic carbocycles. The molecule has 1 aliphatic rings. The lowest BCUT2D eigenvalue weighted by Crippen LogP contribution is -2.25. The molecule has 170 valence electrons. The molecule has 0 bridgehead atoms. The number of anilines is 2. The summed E-state index contributed by atoms with van der Waals surface area (Å²) < 4.78 is 47.2. The minimum atomic E-state index is -3.36. The molecule has 0 saturated carbocycles. The van der Waals surface area contributed by atoms with E-state index in [0.717, 1.165) is 24.2 Å². The number of nitrogens with one attached hydrogen (secondary N) is 1. The maximum Gasteiger partial charge on any atom is 0.299 e. The summed E-state index contributed by atoms with van der Waals surface area (Å²) in [5, 5.41) is 3.02. The van der Waals surface area contributed by atoms with Crippen molar-refractivity contribution in [2.75, 3.05) is 31.4 Å². The standard InChI is InChI=1S/C23H26N2O6S/c1-3-32(26,27)19-7-8-21(28-2)20(14-19)25-23-24-15-22(31-23)16-5-4-6-18(13-16)30-17-9-11-29-12-10-17/h4-8,13-15,17H,3,9-12H2,1-2H3,(H,24,25). The van der Waals surface area contributed by atoms with Crippen LogP contribution in [0.25, 0.3) is 11.3 Å². The summed E-state index contributed by atoms with van der Waals surface area (Å²) in [4.78, 5) is 4.48. The molecule has 0 radical (unpaired) electrons. The van der Waals surface area contributed by atoms with Crippen LogP contribution in [0.3, 0.4) is 0 Å². The minimum absolute atomic E-state index is 0.00815. The molecule has 1 saturated heterocycles. The van der Waals surface area contributed by atoms with Crippen molar-refractivity contribution >= 4 is 21.5 Å². The first-order valence-electron chi connectivity index (χ1n) is 10.5. The van der Waals surface area contributed by atoms with Crippen LogP contribution >= 0.6 is 0 Å². The highest BCUT2D eigenvalue weighted by molar-refractivity contribution is 7.91. The van der Waals surface area contributed by atoms with Crippen LogP contribution in [0.2, 0.25) is 0 Å². The average Bonchev–Trinajstić information content (AvgIpc) is 3.28. The Morgan fingerprint density at radius 2 is 1.97 bits per heavy atom. The Bertz CT molecular complexity index is 1170. The molecule has 3 aromatic rings. The molecule has 1 aromatic heterocycles. The van der Waals surface area contributed by atoms with Crippen molar-refractivity contribution in [2.24, 2.45) is 0 Å². The molecule has 0 spiro atoms. The summed E-state index contributed by atoms with van der Waals surface area (Å²) in [5.74, 6) is 1.81. The first-order chi connectivity index (χ1) is 15.5. The van der Waals surface area contributed by atoms with E-state index in [9.17, 15) is 8.42 Å². The molecule has 32 heavy (non-hydrogen) atoms. The molecule has 0 aliphatic carbocycles. The van der Waals surface area contributed by atoms with Crippen LogP contribution in [0.4, 0.5) is 11.7 Å². The van der Waals surface area contributed by atoms with Gasteiger partial charge in [0.25, 0.3) is 6.01 Å². The first-order valence-corrected chi connectivity index (χ1v) is 12.1. The van der Waals surface area contributed by atoms with Gasteiger partial charge in [-0.2, -0.15) is 0 Å². The topological polar surface area (TPSA) is 99.9 Å². The molecular formula is C23H26N2O6S. The maximum atomic E-state index is 12.2. The number of ether oxygens (including phenoxy) is 3. The summed E-state index contributed by atoms with van der Waals surface area (Å²) in [5.41, 5.74) is 1.27. The average molecular weight is 459 g/mol. The van der Waals surface area contributed by atoms with Crippen molar-refractivity contribution in [3.63, 3.8) is 0 Å². The van der Waals surface area contributed by atoms with E-state index < -0.39 is 9.84 Å². The van der Waals surface area contributed by atoms with Crippen molar-refractivity contribution in [1.82, 2.24) is 4.98 Å². The van der Waals surface area contributed by atoms with Crippen LogP contribution in [0.5, 0.6) is 11.5 Å². The van der Waals surface area contributed by atoms with Crippen LogP contribution in [-0.4, -0.2) is 45.6 Å². The smallest absolute Gasteiger partial charge is 0.299 e. The fraction of sp³-hybridized carbons (Fsp3) is 0.348. The summed E-state index contributed by atoms with van der Waals surface area (Å²) >= 11 is 0. The lowest BCUT2D eigenvalue weighted by atomic mass is 10.1. The molecule has 0 unspecified atom stereocenters. The van der Waals surface area contributed by atoms with Gasteiger partial charge in [0.15, 0.2) is 15.6 Å². The summed E-state index contributed by atoms with van der Waals surface area (Å²) in [6.45, 7) is 3.03. The molecule has 4 rings (SSSR count). The van der Waals surface area contributed by atoms with Gasteiger partial charge >= 0.3 is 0 Å². The number of nitrogens with zero attached hydrogens (tertiary/aromatic N) is 1. The van der Waals surface area contributed by atoms with E-state index in [1.807, 2.05) is 24.3 Å². The van der Waals surface area contributed by atoms with Gasteiger partial charge in [0.2, 0.25) is 0 Å². The van der Waals surface area contributed by atoms with Gasteiger partial charge in [-0.3, -0.25) is 0 Å². The predicted octanol–water partition coefficient (Wildman–Crippen LogP) is 4.45. The number of aromatic nitrogens is 1. The van der Waals surface area contributed by atoms with Gasteiger partial charge in [0, 0.05) is 18.4 Å². The van der Waals surface area contributed by atoms with E-state index in [4.69, 9.17) is 18.6 Å². The van der Waals surface area contributed by atoms with Gasteiger partial charge in [-0.15, -0.1) is 0 Å². The van der Waals surface area contributed by atoms with Crippen LogP contribution in [0.1, 0.15) is 19.8 Å². The minimum Gasteiger partial charge on any atom is -0.495 e. The zero-order chi connectivity index (χ0) is 22.6. The molecule has 1 N–H and O–H groups in total. The molecule has 2 heterocycles. The van der Waals surface area contributed by atoms with Gasteiger partial charge in [0.05, 0.1) is 42.9 Å². The second-order valence-electron chi connectivity index (χ2n) is 7.38. The van der Waals surface area contributed by atoms with Crippen LogP contribution < -0.4 is 14.8 Å². The number of oxazole rings is 1. The Kier molecular flexibility index (Phi) is 6.66. The van der Waals surface area contributed by atoms with E-state index in [0.29, 0.717) is 30.4 Å². The fourth-order valence-corrected chi connectivity index (χ4v) is 4.34. The van der Waals surface area contributed by atoms with E-state index >= 15 is 0 Å². The summed E-state index contributed by atoms with van der Waals surface area (Å²) in [6.07, 6.45) is 3.49. The van der Waals surface area contributed by atoms with E-state index in [-0.39, 0.29) is 22.8 Å². The second-order valence-corrected chi connectivity index (χ2v) is 9.66. The van der Waals surface area contributed by atoms with Crippen molar-refractivity contribution in [3.05, 3.63) is 48.7 Å². The van der Waals surface area contributed by atoms with Crippen molar-refractivity contribution in [2.45, 2.75) is 30.8 Å². The number of methoxy groups -OCH3 is 1. The highest BCUT2D eigenvalue weighted by Crippen LogP contribution is 2.33. The van der Waals surface area contributed by atoms with E-state index in [1.54, 1.807) is 19.2 Å². The Labute approximate surface area is 187 Å². The van der Waals surface area contributed by atoms with Crippen molar-refractivity contribution in [1.29, 1.82) is 0 Å². The zero-order valence-corrected chi connectivity index (χ0v) is 18.9. The summed E-state index contributed by atoms with van der Waals surface area (Å²) in [7, 11) is -1.85. The monoisotopic (exact) mass is 458 g/mol. The predicted molar refractivity (Wildman–Crippen MR) is 120 cm³/mol. The Morgan fingerprint density at radius 1 is 1.16 bits per heavy atom. The highest BCUT2D eigenvalue weighted by atomic mass is 32.2. The second kappa shape index (κ2) is 9.62. The van der Waals surface area contributed by atoms with Crippen molar-refractivity contribution < 1.29 is 27.0 Å². The van der Waals surface area contributed by atoms with Gasteiger partial charge in [0.1, 0.15) is 17.6 Å². The fourth-order valence-electron chi connectivity index (χ4n) is 3.43. The van der Waals surface area contributed by atoms with Gasteiger partial charge in [-0.25, -0.2) is 13.4 Å². The van der Waals surface area contributed by atoms with Crippen molar-refractivity contribution in [3.8, 4) is 22.8 Å². The lowest BCUT2D eigenvalue weighted by Gasteiger charge is -2.23. The van der Waals surface area contributed by atoms with E-state index in [2.05, 4.69) is 10.3 Å². The summed E-state index contributed by atoms with van der Waals surface area (Å²) in [6, 6.07) is 12.5. The number of benzene rings is 2. The number of sulfone groups is 1. The van der Waals surface area contributed by atoms with Gasteiger partial charge < -0.3 is 23.9 Å². The largest absolute Gasteiger partial charge is 0.495 e. The molecule has 0 atom stereocenters. The van der Waals surface area contributed by atoms with Crippen LogP contribution in [0, 0.1) is 0 Å². The number of hydrogen-bond donors (Lipinski definition) is 1. The number of rotatable bonds is 8. The number of hydrogen-bond acceptors (Lipinski definition) is 8. The third kappa shape index (κ3) is 5.05. The molecule has 1 fully saturated rings. The Morgan fingerprint density at radius 3 is 2.72 bits per heavy atom. The lowest BCUT2D eigenvalue weighted by molar-refractivity contribution is 0.0256. The van der Waals surface area contributed by atoms with Crippen LogP contribution in [-0.2, 0) is 14.6 Å². The maximum absolute atomic E-state index is 12.2. The Balaban J connectivity index is 1.53. The molecular weight excluding hydrogens is 432 g/mol. The quantitative estimate of drug-likeness (QED) is 0.529. The van der Waals surface area contributed by atoms with E-state index in [1.165, 1.54) is 19.2 Å². The molecule has 9 heteroatoms. The van der Waals surface area contributed by atoms with Gasteiger partial charge in [-0.1, -0.05) is 19.1 Å². The van der Waals surface area contributed by atoms with Crippen LogP contribution in [0.15, 0.2) is 58.0 Å². The zero-order valence-electron chi connectivity index (χ0n) is 18.0. The third-order valence-corrected chi connectivity index (χ3v) is 6.98. The molecule has 1 aliphatic heterocycles. The highest BCUT2D eigenvalue weighted by Gasteiger charge is 2.18. The molecule has 0 amide bonds. The SMILES string of the molecule is CCS(=O)(=O)c1ccc(OC)c(Nc2ncc(-c3cccc(OC4CCOCC4)c3)o2)c1. The third-order valence-electron chi connectivity index (χ3n) is 5.25. The Hall–Kier alpha value is -3.04. The normalized spacial score (nSPS) is 14.8. The first kappa shape index (κ1) is 22.2.